The Hall–Kier alpha value is -1.39. The third kappa shape index (κ3) is 2.51. The standard InChI is InChI=1S/C15H17NO2S/c17-19(18,16-11-12-5-3-6-12)15-10-4-8-13-7-1-2-9-14(13)15/h1-2,4,7-10,12,16H,3,5-6,11H2. The molecule has 1 N–H and O–H groups in total. The lowest BCUT2D eigenvalue weighted by atomic mass is 9.86. The van der Waals surface area contributed by atoms with Gasteiger partial charge in [-0.25, -0.2) is 13.1 Å². The summed E-state index contributed by atoms with van der Waals surface area (Å²) in [7, 11) is -3.41. The van der Waals surface area contributed by atoms with Crippen LogP contribution in [0.25, 0.3) is 10.8 Å². The monoisotopic (exact) mass is 275 g/mol. The van der Waals surface area contributed by atoms with E-state index in [1.807, 2.05) is 30.3 Å². The van der Waals surface area contributed by atoms with E-state index in [1.54, 1.807) is 12.1 Å². The minimum atomic E-state index is -3.41. The SMILES string of the molecule is O=S(=O)(NCC1CCC1)c1cccc2ccccc12. The predicted octanol–water partition coefficient (Wildman–Crippen LogP) is 2.92. The van der Waals surface area contributed by atoms with E-state index in [0.717, 1.165) is 23.6 Å². The molecule has 2 aromatic carbocycles. The largest absolute Gasteiger partial charge is 0.241 e. The minimum Gasteiger partial charge on any atom is -0.211 e. The first-order chi connectivity index (χ1) is 9.17. The summed E-state index contributed by atoms with van der Waals surface area (Å²) >= 11 is 0. The lowest BCUT2D eigenvalue weighted by Gasteiger charge is -2.25. The Bertz CT molecular complexity index is 685. The topological polar surface area (TPSA) is 46.2 Å². The number of fused-ring (bicyclic) bond motifs is 1. The Balaban J connectivity index is 1.93. The molecular weight excluding hydrogens is 258 g/mol. The molecule has 0 bridgehead atoms. The molecule has 4 heteroatoms. The number of hydrogen-bond donors (Lipinski definition) is 1. The lowest BCUT2D eigenvalue weighted by molar-refractivity contribution is 0.316. The van der Waals surface area contributed by atoms with Gasteiger partial charge >= 0.3 is 0 Å². The molecule has 0 amide bonds. The van der Waals surface area contributed by atoms with Crippen LogP contribution in [0.4, 0.5) is 0 Å². The van der Waals surface area contributed by atoms with Crippen molar-refractivity contribution in [3.63, 3.8) is 0 Å². The molecule has 2 aromatic rings. The van der Waals surface area contributed by atoms with E-state index in [0.29, 0.717) is 17.4 Å². The second-order valence-corrected chi connectivity index (χ2v) is 6.86. The van der Waals surface area contributed by atoms with Crippen LogP contribution in [0.15, 0.2) is 47.4 Å². The van der Waals surface area contributed by atoms with Crippen LogP contribution < -0.4 is 4.72 Å². The average Bonchev–Trinajstić information content (AvgIpc) is 2.36. The smallest absolute Gasteiger partial charge is 0.211 e. The summed E-state index contributed by atoms with van der Waals surface area (Å²) in [6, 6.07) is 13.0. The van der Waals surface area contributed by atoms with Crippen LogP contribution >= 0.6 is 0 Å². The highest BCUT2D eigenvalue weighted by Crippen LogP contribution is 2.27. The van der Waals surface area contributed by atoms with E-state index in [-0.39, 0.29) is 0 Å². The number of nitrogens with one attached hydrogen (secondary N) is 1. The summed E-state index contributed by atoms with van der Waals surface area (Å²) in [6.45, 7) is 0.561. The van der Waals surface area contributed by atoms with Gasteiger partial charge in [0, 0.05) is 11.9 Å². The molecular formula is C15H17NO2S. The van der Waals surface area contributed by atoms with Gasteiger partial charge in [0.05, 0.1) is 4.90 Å². The van der Waals surface area contributed by atoms with Gasteiger partial charge in [-0.05, 0) is 30.2 Å². The van der Waals surface area contributed by atoms with Crippen molar-refractivity contribution in [1.29, 1.82) is 0 Å². The zero-order chi connectivity index (χ0) is 13.3. The predicted molar refractivity (Wildman–Crippen MR) is 76.5 cm³/mol. The van der Waals surface area contributed by atoms with Crippen molar-refractivity contribution in [3.05, 3.63) is 42.5 Å². The van der Waals surface area contributed by atoms with Gasteiger partial charge in [-0.15, -0.1) is 0 Å². The Morgan fingerprint density at radius 3 is 2.53 bits per heavy atom. The van der Waals surface area contributed by atoms with E-state index in [1.165, 1.54) is 6.42 Å². The van der Waals surface area contributed by atoms with E-state index in [2.05, 4.69) is 4.72 Å². The van der Waals surface area contributed by atoms with Crippen molar-refractivity contribution >= 4 is 20.8 Å². The van der Waals surface area contributed by atoms with Crippen molar-refractivity contribution in [3.8, 4) is 0 Å². The summed E-state index contributed by atoms with van der Waals surface area (Å²) in [5.41, 5.74) is 0. The van der Waals surface area contributed by atoms with Crippen LogP contribution in [-0.2, 0) is 10.0 Å². The molecule has 0 unspecified atom stereocenters. The first-order valence-electron chi connectivity index (χ1n) is 6.64. The quantitative estimate of drug-likeness (QED) is 0.932. The number of sulfonamides is 1. The highest BCUT2D eigenvalue weighted by Gasteiger charge is 2.22. The fraction of sp³-hybridized carbons (Fsp3) is 0.333. The van der Waals surface area contributed by atoms with Crippen LogP contribution in [-0.4, -0.2) is 15.0 Å². The number of rotatable bonds is 4. The van der Waals surface area contributed by atoms with Gasteiger partial charge in [0.25, 0.3) is 0 Å². The van der Waals surface area contributed by atoms with Gasteiger partial charge in [-0.2, -0.15) is 0 Å². The molecule has 0 atom stereocenters. The van der Waals surface area contributed by atoms with Crippen LogP contribution in [0, 0.1) is 5.92 Å². The second kappa shape index (κ2) is 4.94. The molecule has 0 aliphatic heterocycles. The molecule has 0 saturated heterocycles. The van der Waals surface area contributed by atoms with Crippen molar-refractivity contribution in [2.24, 2.45) is 5.92 Å². The van der Waals surface area contributed by atoms with Gasteiger partial charge in [0.1, 0.15) is 0 Å². The van der Waals surface area contributed by atoms with Crippen LogP contribution in [0.1, 0.15) is 19.3 Å². The third-order valence-electron chi connectivity index (χ3n) is 3.83. The molecule has 0 radical (unpaired) electrons. The highest BCUT2D eigenvalue weighted by atomic mass is 32.2. The number of benzene rings is 2. The van der Waals surface area contributed by atoms with E-state index in [9.17, 15) is 8.42 Å². The summed E-state index contributed by atoms with van der Waals surface area (Å²) in [6.07, 6.45) is 3.50. The fourth-order valence-electron chi connectivity index (χ4n) is 2.43. The summed E-state index contributed by atoms with van der Waals surface area (Å²) in [5.74, 6) is 0.518. The maximum absolute atomic E-state index is 12.4. The van der Waals surface area contributed by atoms with Gasteiger partial charge < -0.3 is 0 Å². The molecule has 3 nitrogen and oxygen atoms in total. The highest BCUT2D eigenvalue weighted by molar-refractivity contribution is 7.89. The molecule has 1 aliphatic carbocycles. The molecule has 0 aromatic heterocycles. The lowest BCUT2D eigenvalue weighted by Crippen LogP contribution is -2.32. The van der Waals surface area contributed by atoms with Crippen molar-refractivity contribution in [2.45, 2.75) is 24.2 Å². The van der Waals surface area contributed by atoms with Gasteiger partial charge in [0.15, 0.2) is 0 Å². The van der Waals surface area contributed by atoms with Crippen molar-refractivity contribution < 1.29 is 8.42 Å². The molecule has 3 rings (SSSR count). The van der Waals surface area contributed by atoms with Gasteiger partial charge in [0.2, 0.25) is 10.0 Å². The maximum atomic E-state index is 12.4. The zero-order valence-electron chi connectivity index (χ0n) is 10.7. The van der Waals surface area contributed by atoms with Crippen LogP contribution in [0.2, 0.25) is 0 Å². The fourth-order valence-corrected chi connectivity index (χ4v) is 3.78. The van der Waals surface area contributed by atoms with E-state index in [4.69, 9.17) is 0 Å². The number of hydrogen-bond acceptors (Lipinski definition) is 2. The molecule has 0 heterocycles. The Morgan fingerprint density at radius 1 is 1.05 bits per heavy atom. The molecule has 1 aliphatic rings. The Labute approximate surface area is 113 Å². The minimum absolute atomic E-state index is 0.380. The van der Waals surface area contributed by atoms with Crippen molar-refractivity contribution in [2.75, 3.05) is 6.54 Å². The second-order valence-electron chi connectivity index (χ2n) is 5.13. The van der Waals surface area contributed by atoms with Gasteiger partial charge in [-0.1, -0.05) is 42.8 Å². The molecule has 1 saturated carbocycles. The maximum Gasteiger partial charge on any atom is 0.241 e. The normalized spacial score (nSPS) is 16.4. The van der Waals surface area contributed by atoms with E-state index < -0.39 is 10.0 Å². The van der Waals surface area contributed by atoms with Crippen LogP contribution in [0.3, 0.4) is 0 Å². The molecule has 1 fully saturated rings. The van der Waals surface area contributed by atoms with E-state index >= 15 is 0 Å². The Kier molecular flexibility index (Phi) is 3.29. The molecule has 19 heavy (non-hydrogen) atoms. The zero-order valence-corrected chi connectivity index (χ0v) is 11.5. The molecule has 0 spiro atoms. The van der Waals surface area contributed by atoms with Crippen molar-refractivity contribution in [1.82, 2.24) is 4.72 Å². The first kappa shape index (κ1) is 12.6. The first-order valence-corrected chi connectivity index (χ1v) is 8.12. The summed E-state index contributed by atoms with van der Waals surface area (Å²) in [4.78, 5) is 0.380. The van der Waals surface area contributed by atoms with Crippen LogP contribution in [0.5, 0.6) is 0 Å². The summed E-state index contributed by atoms with van der Waals surface area (Å²) in [5, 5.41) is 1.74. The summed E-state index contributed by atoms with van der Waals surface area (Å²) < 4.78 is 27.5. The third-order valence-corrected chi connectivity index (χ3v) is 5.31. The molecule has 100 valence electrons. The average molecular weight is 275 g/mol. The van der Waals surface area contributed by atoms with Gasteiger partial charge in [-0.3, -0.25) is 0 Å². The Morgan fingerprint density at radius 2 is 1.79 bits per heavy atom.